The van der Waals surface area contributed by atoms with Gasteiger partial charge in [-0.15, -0.1) is 0 Å². The summed E-state index contributed by atoms with van der Waals surface area (Å²) >= 11 is 0. The maximum atomic E-state index is 5.56. The van der Waals surface area contributed by atoms with Crippen molar-refractivity contribution in [2.75, 3.05) is 45.8 Å². The van der Waals surface area contributed by atoms with Crippen LogP contribution in [-0.4, -0.2) is 65.4 Å². The van der Waals surface area contributed by atoms with Crippen molar-refractivity contribution in [2.45, 2.75) is 25.7 Å². The summed E-state index contributed by atoms with van der Waals surface area (Å²) in [6.45, 7) is 8.06. The van der Waals surface area contributed by atoms with E-state index in [9.17, 15) is 0 Å². The summed E-state index contributed by atoms with van der Waals surface area (Å²) < 4.78 is 1.98. The van der Waals surface area contributed by atoms with Crippen LogP contribution in [0.4, 0.5) is 0 Å². The van der Waals surface area contributed by atoms with Gasteiger partial charge in [-0.05, 0) is 51.5 Å². The summed E-state index contributed by atoms with van der Waals surface area (Å²) in [5.74, 6) is 0. The van der Waals surface area contributed by atoms with Crippen LogP contribution in [0.5, 0.6) is 0 Å². The highest BCUT2D eigenvalue weighted by molar-refractivity contribution is 5.00. The Kier molecular flexibility index (Phi) is 6.50. The van der Waals surface area contributed by atoms with Crippen molar-refractivity contribution in [2.24, 2.45) is 12.8 Å². The van der Waals surface area contributed by atoms with Gasteiger partial charge in [-0.2, -0.15) is 5.10 Å². The minimum atomic E-state index is 0.824. The number of hydrogen-bond donors (Lipinski definition) is 1. The highest BCUT2D eigenvalue weighted by Gasteiger charge is 2.14. The fourth-order valence-electron chi connectivity index (χ4n) is 2.87. The van der Waals surface area contributed by atoms with E-state index in [-0.39, 0.29) is 0 Å². The first-order valence-electron chi connectivity index (χ1n) is 7.91. The summed E-state index contributed by atoms with van der Waals surface area (Å²) in [4.78, 5) is 5.19. The van der Waals surface area contributed by atoms with Gasteiger partial charge in [0, 0.05) is 45.0 Å². The molecule has 114 valence electrons. The molecule has 1 aromatic rings. The first-order chi connectivity index (χ1) is 9.79. The number of nitrogens with two attached hydrogens (primary N) is 1. The van der Waals surface area contributed by atoms with Crippen molar-refractivity contribution < 1.29 is 0 Å². The molecule has 5 heteroatoms. The number of aryl methyl sites for hydroxylation is 1. The van der Waals surface area contributed by atoms with Crippen molar-refractivity contribution in [1.82, 2.24) is 19.6 Å². The SMILES string of the molecule is Cn1nccc1CCN1CCCN(CCCCN)CC1. The van der Waals surface area contributed by atoms with E-state index in [1.165, 1.54) is 51.3 Å². The highest BCUT2D eigenvalue weighted by atomic mass is 15.3. The van der Waals surface area contributed by atoms with Crippen LogP contribution in [0.25, 0.3) is 0 Å². The molecule has 2 rings (SSSR count). The average Bonchev–Trinajstić information content (AvgIpc) is 2.72. The van der Waals surface area contributed by atoms with Gasteiger partial charge in [-0.25, -0.2) is 0 Å². The second-order valence-electron chi connectivity index (χ2n) is 5.73. The lowest BCUT2D eigenvalue weighted by Crippen LogP contribution is -2.32. The van der Waals surface area contributed by atoms with Crippen LogP contribution >= 0.6 is 0 Å². The number of rotatable bonds is 7. The molecule has 0 aliphatic carbocycles. The zero-order valence-corrected chi connectivity index (χ0v) is 12.8. The molecule has 1 aromatic heterocycles. The Hall–Kier alpha value is -0.910. The van der Waals surface area contributed by atoms with Crippen LogP contribution < -0.4 is 5.73 Å². The first-order valence-corrected chi connectivity index (χ1v) is 7.91. The molecule has 1 saturated heterocycles. The minimum Gasteiger partial charge on any atom is -0.330 e. The van der Waals surface area contributed by atoms with E-state index < -0.39 is 0 Å². The zero-order chi connectivity index (χ0) is 14.2. The topological polar surface area (TPSA) is 50.3 Å². The quantitative estimate of drug-likeness (QED) is 0.747. The van der Waals surface area contributed by atoms with Crippen LogP contribution in [-0.2, 0) is 13.5 Å². The standard InChI is InChI=1S/C15H29N5/c1-18-15(5-8-17-18)6-12-20-11-4-10-19(13-14-20)9-3-2-7-16/h5,8H,2-4,6-7,9-14,16H2,1H3. The van der Waals surface area contributed by atoms with E-state index in [4.69, 9.17) is 5.73 Å². The van der Waals surface area contributed by atoms with Crippen molar-refractivity contribution in [1.29, 1.82) is 0 Å². The van der Waals surface area contributed by atoms with Crippen LogP contribution in [0.1, 0.15) is 25.0 Å². The maximum absolute atomic E-state index is 5.56. The molecular weight excluding hydrogens is 250 g/mol. The second kappa shape index (κ2) is 8.39. The van der Waals surface area contributed by atoms with E-state index in [1.807, 2.05) is 17.9 Å². The van der Waals surface area contributed by atoms with Crippen LogP contribution in [0.3, 0.4) is 0 Å². The van der Waals surface area contributed by atoms with Gasteiger partial charge < -0.3 is 15.5 Å². The van der Waals surface area contributed by atoms with Gasteiger partial charge in [-0.3, -0.25) is 4.68 Å². The third-order valence-electron chi connectivity index (χ3n) is 4.22. The molecule has 0 saturated carbocycles. The van der Waals surface area contributed by atoms with Crippen LogP contribution in [0, 0.1) is 0 Å². The lowest BCUT2D eigenvalue weighted by molar-refractivity contribution is 0.254. The smallest absolute Gasteiger partial charge is 0.0492 e. The molecule has 0 atom stereocenters. The molecule has 2 N–H and O–H groups in total. The number of unbranched alkanes of at least 4 members (excludes halogenated alkanes) is 1. The largest absolute Gasteiger partial charge is 0.330 e. The van der Waals surface area contributed by atoms with Gasteiger partial charge in [-0.1, -0.05) is 0 Å². The first kappa shape index (κ1) is 15.5. The molecular formula is C15H29N5. The molecule has 0 radical (unpaired) electrons. The van der Waals surface area contributed by atoms with Gasteiger partial charge >= 0.3 is 0 Å². The summed E-state index contributed by atoms with van der Waals surface area (Å²) in [7, 11) is 2.02. The van der Waals surface area contributed by atoms with E-state index in [1.54, 1.807) is 0 Å². The van der Waals surface area contributed by atoms with Crippen molar-refractivity contribution in [3.8, 4) is 0 Å². The van der Waals surface area contributed by atoms with E-state index in [0.717, 1.165) is 25.9 Å². The molecule has 1 aliphatic rings. The summed E-state index contributed by atoms with van der Waals surface area (Å²) in [5.41, 5.74) is 6.89. The Morgan fingerprint density at radius 3 is 2.50 bits per heavy atom. The van der Waals surface area contributed by atoms with Gasteiger partial charge in [0.2, 0.25) is 0 Å². The van der Waals surface area contributed by atoms with Gasteiger partial charge in [0.05, 0.1) is 0 Å². The lowest BCUT2D eigenvalue weighted by Gasteiger charge is -2.21. The lowest BCUT2D eigenvalue weighted by atomic mass is 10.3. The summed E-state index contributed by atoms with van der Waals surface area (Å²) in [6.07, 6.45) is 6.67. The van der Waals surface area contributed by atoms with Gasteiger partial charge in [0.15, 0.2) is 0 Å². The third kappa shape index (κ3) is 4.89. The molecule has 5 nitrogen and oxygen atoms in total. The van der Waals surface area contributed by atoms with Gasteiger partial charge in [0.25, 0.3) is 0 Å². The van der Waals surface area contributed by atoms with Crippen LogP contribution in [0.15, 0.2) is 12.3 Å². The monoisotopic (exact) mass is 279 g/mol. The Morgan fingerprint density at radius 2 is 1.85 bits per heavy atom. The Bertz CT molecular complexity index is 376. The number of nitrogens with zero attached hydrogens (tertiary/aromatic N) is 4. The molecule has 0 aromatic carbocycles. The molecule has 1 fully saturated rings. The molecule has 1 aliphatic heterocycles. The molecule has 2 heterocycles. The third-order valence-corrected chi connectivity index (χ3v) is 4.22. The molecule has 0 amide bonds. The fraction of sp³-hybridized carbons (Fsp3) is 0.800. The van der Waals surface area contributed by atoms with Crippen LogP contribution in [0.2, 0.25) is 0 Å². The number of hydrogen-bond acceptors (Lipinski definition) is 4. The van der Waals surface area contributed by atoms with Crippen molar-refractivity contribution >= 4 is 0 Å². The summed E-state index contributed by atoms with van der Waals surface area (Å²) in [6, 6.07) is 2.12. The zero-order valence-electron chi connectivity index (χ0n) is 12.8. The molecule has 0 spiro atoms. The summed E-state index contributed by atoms with van der Waals surface area (Å²) in [5, 5.41) is 4.23. The molecule has 20 heavy (non-hydrogen) atoms. The normalized spacial score (nSPS) is 18.3. The second-order valence-corrected chi connectivity index (χ2v) is 5.73. The van der Waals surface area contributed by atoms with E-state index >= 15 is 0 Å². The van der Waals surface area contributed by atoms with Crippen molar-refractivity contribution in [3.63, 3.8) is 0 Å². The van der Waals surface area contributed by atoms with Gasteiger partial charge in [0.1, 0.15) is 0 Å². The number of aromatic nitrogens is 2. The van der Waals surface area contributed by atoms with E-state index in [0.29, 0.717) is 0 Å². The Morgan fingerprint density at radius 1 is 1.10 bits per heavy atom. The average molecular weight is 279 g/mol. The molecule has 0 bridgehead atoms. The Labute approximate surface area is 122 Å². The molecule has 0 unspecified atom stereocenters. The van der Waals surface area contributed by atoms with Crippen molar-refractivity contribution in [3.05, 3.63) is 18.0 Å². The Balaban J connectivity index is 1.68. The predicted molar refractivity (Wildman–Crippen MR) is 82.7 cm³/mol. The fourth-order valence-corrected chi connectivity index (χ4v) is 2.87. The minimum absolute atomic E-state index is 0.824. The predicted octanol–water partition coefficient (Wildman–Crippen LogP) is 0.709. The highest BCUT2D eigenvalue weighted by Crippen LogP contribution is 2.06. The van der Waals surface area contributed by atoms with E-state index in [2.05, 4.69) is 21.0 Å². The maximum Gasteiger partial charge on any atom is 0.0492 e.